The molecule has 0 spiro atoms. The van der Waals surface area contributed by atoms with Crippen LogP contribution in [0, 0.1) is 5.92 Å². The highest BCUT2D eigenvalue weighted by molar-refractivity contribution is 6.50. The van der Waals surface area contributed by atoms with Crippen molar-refractivity contribution in [3.63, 3.8) is 0 Å². The van der Waals surface area contributed by atoms with Crippen LogP contribution in [0.5, 0.6) is 0 Å². The molecule has 0 N–H and O–H groups in total. The molecule has 9 heavy (non-hydrogen) atoms. The van der Waals surface area contributed by atoms with Gasteiger partial charge in [-0.1, -0.05) is 0 Å². The fourth-order valence-corrected chi connectivity index (χ4v) is 2.39. The lowest BCUT2D eigenvalue weighted by molar-refractivity contribution is -0.0234. The van der Waals surface area contributed by atoms with Gasteiger partial charge in [-0.2, -0.15) is 0 Å². The second-order valence-electron chi connectivity index (χ2n) is 2.69. The van der Waals surface area contributed by atoms with E-state index in [0.717, 1.165) is 19.1 Å². The molecule has 1 heterocycles. The van der Waals surface area contributed by atoms with Crippen LogP contribution in [0.1, 0.15) is 0 Å². The van der Waals surface area contributed by atoms with Crippen LogP contribution < -0.4 is 0 Å². The Morgan fingerprint density at radius 1 is 1.67 bits per heavy atom. The zero-order chi connectivity index (χ0) is 6.69. The molecule has 0 aromatic carbocycles. The van der Waals surface area contributed by atoms with Crippen molar-refractivity contribution in [1.29, 1.82) is 0 Å². The van der Waals surface area contributed by atoms with Gasteiger partial charge < -0.3 is 9.16 Å². The van der Waals surface area contributed by atoms with Crippen LogP contribution >= 0.6 is 0 Å². The molecule has 0 amide bonds. The van der Waals surface area contributed by atoms with Gasteiger partial charge in [0.05, 0.1) is 13.2 Å². The van der Waals surface area contributed by atoms with Crippen LogP contribution in [0.4, 0.5) is 0 Å². The highest BCUT2D eigenvalue weighted by Crippen LogP contribution is 2.16. The molecule has 0 radical (unpaired) electrons. The third-order valence-electron chi connectivity index (χ3n) is 1.77. The van der Waals surface area contributed by atoms with Crippen molar-refractivity contribution in [1.82, 2.24) is 0 Å². The molecule has 0 bridgehead atoms. The number of hydrogen-bond donors (Lipinski definition) is 0. The molecule has 1 saturated heterocycles. The standard InChI is InChI=1S/C6H14O2Si/c1-7-9(2)5-6-3-8-4-6/h6,9H,3-5H2,1-2H3. The van der Waals surface area contributed by atoms with E-state index in [1.807, 2.05) is 7.11 Å². The molecule has 1 aliphatic heterocycles. The lowest BCUT2D eigenvalue weighted by Gasteiger charge is -2.27. The first-order chi connectivity index (χ1) is 4.33. The fourth-order valence-electron chi connectivity index (χ4n) is 0.986. The molecular formula is C6H14O2Si. The van der Waals surface area contributed by atoms with Crippen molar-refractivity contribution in [3.05, 3.63) is 0 Å². The summed E-state index contributed by atoms with van der Waals surface area (Å²) in [7, 11) is 1.03. The summed E-state index contributed by atoms with van der Waals surface area (Å²) in [6, 6.07) is 1.29. The minimum absolute atomic E-state index is 0.786. The Morgan fingerprint density at radius 3 is 2.67 bits per heavy atom. The molecule has 0 aromatic rings. The van der Waals surface area contributed by atoms with Gasteiger partial charge in [0.1, 0.15) is 0 Å². The zero-order valence-electron chi connectivity index (χ0n) is 6.09. The minimum atomic E-state index is -0.786. The van der Waals surface area contributed by atoms with Crippen LogP contribution in [0.25, 0.3) is 0 Å². The van der Waals surface area contributed by atoms with Gasteiger partial charge in [-0.25, -0.2) is 0 Å². The third-order valence-corrected chi connectivity index (χ3v) is 3.91. The van der Waals surface area contributed by atoms with Crippen molar-refractivity contribution in [2.45, 2.75) is 12.6 Å². The Bertz CT molecular complexity index is 80.4. The van der Waals surface area contributed by atoms with E-state index in [-0.39, 0.29) is 0 Å². The molecule has 0 saturated carbocycles. The van der Waals surface area contributed by atoms with Crippen molar-refractivity contribution in [2.24, 2.45) is 5.92 Å². The van der Waals surface area contributed by atoms with Crippen LogP contribution in [0.3, 0.4) is 0 Å². The van der Waals surface area contributed by atoms with Crippen LogP contribution in [0.2, 0.25) is 12.6 Å². The molecule has 1 rings (SSSR count). The molecule has 54 valence electrons. The lowest BCUT2D eigenvalue weighted by Crippen LogP contribution is -2.31. The molecule has 0 aromatic heterocycles. The van der Waals surface area contributed by atoms with E-state index in [0.29, 0.717) is 0 Å². The predicted molar refractivity (Wildman–Crippen MR) is 39.1 cm³/mol. The topological polar surface area (TPSA) is 18.5 Å². The van der Waals surface area contributed by atoms with Gasteiger partial charge in [-0.15, -0.1) is 0 Å². The van der Waals surface area contributed by atoms with E-state index in [2.05, 4.69) is 6.55 Å². The maximum absolute atomic E-state index is 5.24. The fraction of sp³-hybridized carbons (Fsp3) is 1.00. The first-order valence-electron chi connectivity index (χ1n) is 3.43. The summed E-state index contributed by atoms with van der Waals surface area (Å²) in [6.45, 7) is 4.18. The van der Waals surface area contributed by atoms with E-state index < -0.39 is 9.04 Å². The van der Waals surface area contributed by atoms with Crippen LogP contribution in [0.15, 0.2) is 0 Å². The molecule has 1 unspecified atom stereocenters. The van der Waals surface area contributed by atoms with Gasteiger partial charge in [0.25, 0.3) is 0 Å². The Kier molecular flexibility index (Phi) is 2.69. The maximum atomic E-state index is 5.24. The van der Waals surface area contributed by atoms with E-state index in [1.165, 1.54) is 6.04 Å². The Balaban J connectivity index is 2.01. The first kappa shape index (κ1) is 7.25. The molecule has 1 aliphatic rings. The average molecular weight is 146 g/mol. The second kappa shape index (κ2) is 3.34. The molecular weight excluding hydrogens is 132 g/mol. The number of hydrogen-bond acceptors (Lipinski definition) is 2. The number of rotatable bonds is 3. The summed E-state index contributed by atoms with van der Waals surface area (Å²) in [5, 5.41) is 0. The van der Waals surface area contributed by atoms with Crippen molar-refractivity contribution in [3.8, 4) is 0 Å². The maximum Gasteiger partial charge on any atom is 0.173 e. The average Bonchev–Trinajstić information content (AvgIpc) is 1.78. The van der Waals surface area contributed by atoms with E-state index in [1.54, 1.807) is 0 Å². The summed E-state index contributed by atoms with van der Waals surface area (Å²) < 4.78 is 10.3. The quantitative estimate of drug-likeness (QED) is 0.544. The van der Waals surface area contributed by atoms with Crippen LogP contribution in [-0.4, -0.2) is 29.4 Å². The second-order valence-corrected chi connectivity index (χ2v) is 5.25. The SMILES string of the molecule is CO[SiH](C)CC1COC1. The van der Waals surface area contributed by atoms with E-state index >= 15 is 0 Å². The molecule has 1 fully saturated rings. The van der Waals surface area contributed by atoms with Crippen LogP contribution in [-0.2, 0) is 9.16 Å². The van der Waals surface area contributed by atoms with Crippen molar-refractivity contribution in [2.75, 3.05) is 20.3 Å². The largest absolute Gasteiger partial charge is 0.423 e. The lowest BCUT2D eigenvalue weighted by atomic mass is 10.1. The number of ether oxygens (including phenoxy) is 1. The van der Waals surface area contributed by atoms with Crippen molar-refractivity contribution >= 4 is 9.04 Å². The van der Waals surface area contributed by atoms with E-state index in [9.17, 15) is 0 Å². The molecule has 0 aliphatic carbocycles. The van der Waals surface area contributed by atoms with Gasteiger partial charge in [0, 0.05) is 13.0 Å². The Labute approximate surface area is 57.9 Å². The minimum Gasteiger partial charge on any atom is -0.423 e. The van der Waals surface area contributed by atoms with Gasteiger partial charge in [0.15, 0.2) is 9.04 Å². The summed E-state index contributed by atoms with van der Waals surface area (Å²) in [6.07, 6.45) is 0. The van der Waals surface area contributed by atoms with Gasteiger partial charge in [-0.3, -0.25) is 0 Å². The summed E-state index contributed by atoms with van der Waals surface area (Å²) >= 11 is 0. The molecule has 2 nitrogen and oxygen atoms in total. The third kappa shape index (κ3) is 2.08. The highest BCUT2D eigenvalue weighted by Gasteiger charge is 2.21. The Morgan fingerprint density at radius 2 is 2.33 bits per heavy atom. The smallest absolute Gasteiger partial charge is 0.173 e. The molecule has 3 heteroatoms. The first-order valence-corrected chi connectivity index (χ1v) is 5.87. The zero-order valence-corrected chi connectivity index (χ0v) is 7.25. The molecule has 1 atom stereocenters. The Hall–Kier alpha value is 0.137. The van der Waals surface area contributed by atoms with Gasteiger partial charge in [-0.05, 0) is 12.6 Å². The summed E-state index contributed by atoms with van der Waals surface area (Å²) in [4.78, 5) is 0. The monoisotopic (exact) mass is 146 g/mol. The summed E-state index contributed by atoms with van der Waals surface area (Å²) in [5.41, 5.74) is 0. The highest BCUT2D eigenvalue weighted by atomic mass is 28.3. The van der Waals surface area contributed by atoms with Crippen molar-refractivity contribution < 1.29 is 9.16 Å². The summed E-state index contributed by atoms with van der Waals surface area (Å²) in [5.74, 6) is 0.826. The van der Waals surface area contributed by atoms with E-state index in [4.69, 9.17) is 9.16 Å². The predicted octanol–water partition coefficient (Wildman–Crippen LogP) is 0.633. The van der Waals surface area contributed by atoms with Gasteiger partial charge >= 0.3 is 0 Å². The van der Waals surface area contributed by atoms with Gasteiger partial charge in [0.2, 0.25) is 0 Å². The normalized spacial score (nSPS) is 23.3.